The lowest BCUT2D eigenvalue weighted by Gasteiger charge is -2.39. The summed E-state index contributed by atoms with van der Waals surface area (Å²) in [5.74, 6) is 0. The number of carbonyl (C=O) groups excluding carboxylic acids is 1. The van der Waals surface area contributed by atoms with Crippen molar-refractivity contribution in [3.05, 3.63) is 34.9 Å². The highest BCUT2D eigenvalue weighted by molar-refractivity contribution is 6.31. The molecule has 3 nitrogen and oxygen atoms in total. The Balaban J connectivity index is 1.56. The molecule has 0 aromatic heterocycles. The molecule has 1 aromatic rings. The van der Waals surface area contributed by atoms with Gasteiger partial charge in [-0.1, -0.05) is 50.6 Å². The number of urea groups is 1. The molecular formula is C19H27ClN2O. The summed E-state index contributed by atoms with van der Waals surface area (Å²) < 4.78 is 0. The molecule has 126 valence electrons. The number of nitrogens with one attached hydrogen (secondary N) is 1. The molecule has 1 heterocycles. The van der Waals surface area contributed by atoms with Gasteiger partial charge in [0.1, 0.15) is 0 Å². The van der Waals surface area contributed by atoms with E-state index in [9.17, 15) is 4.79 Å². The van der Waals surface area contributed by atoms with Crippen LogP contribution in [0.15, 0.2) is 24.3 Å². The van der Waals surface area contributed by atoms with E-state index < -0.39 is 0 Å². The molecular weight excluding hydrogens is 308 g/mol. The molecule has 1 saturated carbocycles. The second-order valence-electron chi connectivity index (χ2n) is 8.41. The molecule has 0 radical (unpaired) electrons. The van der Waals surface area contributed by atoms with Gasteiger partial charge in [0.15, 0.2) is 0 Å². The molecule has 1 aromatic carbocycles. The van der Waals surface area contributed by atoms with Crippen LogP contribution in [0.25, 0.3) is 0 Å². The fourth-order valence-corrected chi connectivity index (χ4v) is 5.03. The molecule has 3 rings (SSSR count). The van der Waals surface area contributed by atoms with Crippen LogP contribution < -0.4 is 5.32 Å². The summed E-state index contributed by atoms with van der Waals surface area (Å²) in [7, 11) is 0. The molecule has 1 N–H and O–H groups in total. The minimum atomic E-state index is 0.0866. The van der Waals surface area contributed by atoms with E-state index in [2.05, 4.69) is 31.0 Å². The Morgan fingerprint density at radius 3 is 2.78 bits per heavy atom. The van der Waals surface area contributed by atoms with Crippen LogP contribution in [0.2, 0.25) is 5.02 Å². The largest absolute Gasteiger partial charge is 0.338 e. The summed E-state index contributed by atoms with van der Waals surface area (Å²) in [4.78, 5) is 14.7. The fourth-order valence-electron chi connectivity index (χ4n) is 4.80. The van der Waals surface area contributed by atoms with Crippen molar-refractivity contribution in [3.63, 3.8) is 0 Å². The van der Waals surface area contributed by atoms with Crippen LogP contribution in [0.1, 0.15) is 45.6 Å². The van der Waals surface area contributed by atoms with Crippen molar-refractivity contribution in [1.29, 1.82) is 0 Å². The third-order valence-corrected chi connectivity index (χ3v) is 5.67. The zero-order valence-electron chi connectivity index (χ0n) is 14.4. The van der Waals surface area contributed by atoms with Gasteiger partial charge in [-0.25, -0.2) is 4.79 Å². The number of hydrogen-bond donors (Lipinski definition) is 1. The van der Waals surface area contributed by atoms with Crippen LogP contribution in [0.5, 0.6) is 0 Å². The van der Waals surface area contributed by atoms with Crippen LogP contribution in [-0.2, 0) is 6.42 Å². The predicted molar refractivity (Wildman–Crippen MR) is 94.8 cm³/mol. The van der Waals surface area contributed by atoms with Gasteiger partial charge in [-0.15, -0.1) is 0 Å². The van der Waals surface area contributed by atoms with Gasteiger partial charge in [0.2, 0.25) is 0 Å². The van der Waals surface area contributed by atoms with E-state index in [-0.39, 0.29) is 11.4 Å². The average Bonchev–Trinajstić information content (AvgIpc) is 2.70. The van der Waals surface area contributed by atoms with E-state index in [1.54, 1.807) is 0 Å². The number of likely N-dealkylation sites (tertiary alicyclic amines) is 1. The fraction of sp³-hybridized carbons (Fsp3) is 0.632. The van der Waals surface area contributed by atoms with Crippen molar-refractivity contribution in [2.24, 2.45) is 10.8 Å². The molecule has 1 aliphatic carbocycles. The summed E-state index contributed by atoms with van der Waals surface area (Å²) >= 11 is 6.17. The first-order valence-corrected chi connectivity index (χ1v) is 8.94. The molecule has 2 bridgehead atoms. The quantitative estimate of drug-likeness (QED) is 0.867. The Kier molecular flexibility index (Phi) is 4.35. The summed E-state index contributed by atoms with van der Waals surface area (Å²) in [5, 5.41) is 3.86. The molecule has 2 atom stereocenters. The van der Waals surface area contributed by atoms with Gasteiger partial charge >= 0.3 is 6.03 Å². The Labute approximate surface area is 144 Å². The van der Waals surface area contributed by atoms with Crippen molar-refractivity contribution >= 4 is 17.6 Å². The van der Waals surface area contributed by atoms with Crippen molar-refractivity contribution in [3.8, 4) is 0 Å². The second kappa shape index (κ2) is 6.01. The smallest absolute Gasteiger partial charge is 0.317 e. The van der Waals surface area contributed by atoms with Crippen molar-refractivity contribution in [1.82, 2.24) is 10.2 Å². The Hall–Kier alpha value is -1.22. The molecule has 2 fully saturated rings. The number of amides is 2. The molecule has 23 heavy (non-hydrogen) atoms. The zero-order chi connectivity index (χ0) is 16.7. The lowest BCUT2D eigenvalue weighted by atomic mass is 9.65. The number of hydrogen-bond acceptors (Lipinski definition) is 1. The third kappa shape index (κ3) is 3.65. The number of fused-ring (bicyclic) bond motifs is 2. The first kappa shape index (κ1) is 16.6. The van der Waals surface area contributed by atoms with Gasteiger partial charge < -0.3 is 10.2 Å². The van der Waals surface area contributed by atoms with Gasteiger partial charge in [0.25, 0.3) is 0 Å². The maximum Gasteiger partial charge on any atom is 0.317 e. The highest BCUT2D eigenvalue weighted by Crippen LogP contribution is 2.52. The van der Waals surface area contributed by atoms with Crippen molar-refractivity contribution < 1.29 is 4.79 Å². The normalized spacial score (nSPS) is 28.7. The summed E-state index contributed by atoms with van der Waals surface area (Å²) in [6.07, 6.45) is 4.24. The number of halogens is 1. The molecule has 2 amide bonds. The maximum atomic E-state index is 12.6. The highest BCUT2D eigenvalue weighted by atomic mass is 35.5. The number of rotatable bonds is 3. The highest BCUT2D eigenvalue weighted by Gasteiger charge is 2.50. The molecule has 0 spiro atoms. The van der Waals surface area contributed by atoms with Gasteiger partial charge in [-0.05, 0) is 48.1 Å². The van der Waals surface area contributed by atoms with Gasteiger partial charge in [-0.3, -0.25) is 0 Å². The van der Waals surface area contributed by atoms with Crippen LogP contribution in [-0.4, -0.2) is 30.1 Å². The molecule has 4 heteroatoms. The average molecular weight is 335 g/mol. The van der Waals surface area contributed by atoms with E-state index in [1.807, 2.05) is 24.3 Å². The van der Waals surface area contributed by atoms with Gasteiger partial charge in [0, 0.05) is 24.2 Å². The van der Waals surface area contributed by atoms with Crippen LogP contribution in [0, 0.1) is 10.8 Å². The molecule has 1 saturated heterocycles. The SMILES string of the molecule is CC1(C)CC2CC(C)(CN2C(=O)NCCc2ccccc2Cl)C1. The first-order valence-electron chi connectivity index (χ1n) is 8.56. The maximum absolute atomic E-state index is 12.6. The Bertz CT molecular complexity index is 601. The Morgan fingerprint density at radius 1 is 1.30 bits per heavy atom. The van der Waals surface area contributed by atoms with Crippen LogP contribution >= 0.6 is 11.6 Å². The topological polar surface area (TPSA) is 32.3 Å². The predicted octanol–water partition coefficient (Wildman–Crippen LogP) is 4.49. The van der Waals surface area contributed by atoms with Crippen LogP contribution in [0.3, 0.4) is 0 Å². The first-order chi connectivity index (χ1) is 10.8. The second-order valence-corrected chi connectivity index (χ2v) is 8.82. The van der Waals surface area contributed by atoms with Gasteiger partial charge in [0.05, 0.1) is 0 Å². The van der Waals surface area contributed by atoms with Crippen molar-refractivity contribution in [2.75, 3.05) is 13.1 Å². The number of nitrogens with zero attached hydrogens (tertiary/aromatic N) is 1. The number of benzene rings is 1. The lowest BCUT2D eigenvalue weighted by Crippen LogP contribution is -2.44. The number of carbonyl (C=O) groups is 1. The third-order valence-electron chi connectivity index (χ3n) is 5.30. The van der Waals surface area contributed by atoms with E-state index in [0.29, 0.717) is 18.0 Å². The van der Waals surface area contributed by atoms with E-state index in [4.69, 9.17) is 11.6 Å². The minimum Gasteiger partial charge on any atom is -0.338 e. The van der Waals surface area contributed by atoms with E-state index in [1.165, 1.54) is 6.42 Å². The molecule has 1 aliphatic heterocycles. The summed E-state index contributed by atoms with van der Waals surface area (Å²) in [6, 6.07) is 8.30. The summed E-state index contributed by atoms with van der Waals surface area (Å²) in [6.45, 7) is 8.51. The van der Waals surface area contributed by atoms with E-state index >= 15 is 0 Å². The molecule has 2 aliphatic rings. The molecule has 2 unspecified atom stereocenters. The summed E-state index contributed by atoms with van der Waals surface area (Å²) in [5.41, 5.74) is 1.71. The van der Waals surface area contributed by atoms with Crippen molar-refractivity contribution in [2.45, 2.75) is 52.5 Å². The monoisotopic (exact) mass is 334 g/mol. The van der Waals surface area contributed by atoms with Crippen LogP contribution in [0.4, 0.5) is 4.79 Å². The zero-order valence-corrected chi connectivity index (χ0v) is 15.1. The minimum absolute atomic E-state index is 0.0866. The van der Waals surface area contributed by atoms with E-state index in [0.717, 1.165) is 36.4 Å². The Morgan fingerprint density at radius 2 is 2.04 bits per heavy atom. The lowest BCUT2D eigenvalue weighted by molar-refractivity contribution is 0.129. The van der Waals surface area contributed by atoms with Gasteiger partial charge in [-0.2, -0.15) is 0 Å². The standard InChI is InChI=1S/C19H27ClN2O/c1-18(2)10-15-11-19(3,12-18)13-22(15)17(23)21-9-8-14-6-4-5-7-16(14)20/h4-7,15H,8-13H2,1-3H3,(H,21,23).